The lowest BCUT2D eigenvalue weighted by Gasteiger charge is -2.18. The Labute approximate surface area is 133 Å². The molecule has 6 nitrogen and oxygen atoms in total. The van der Waals surface area contributed by atoms with Crippen molar-refractivity contribution in [3.05, 3.63) is 39.7 Å². The lowest BCUT2D eigenvalue weighted by atomic mass is 10.2. The van der Waals surface area contributed by atoms with E-state index in [0.29, 0.717) is 12.4 Å². The third kappa shape index (κ3) is 4.32. The first-order valence-electron chi connectivity index (χ1n) is 7.04. The van der Waals surface area contributed by atoms with Crippen LogP contribution in [0.1, 0.15) is 41.2 Å². The Bertz CT molecular complexity index is 623. The topological polar surface area (TPSA) is 76.4 Å². The average Bonchev–Trinajstić information content (AvgIpc) is 3.07. The highest BCUT2D eigenvalue weighted by Gasteiger charge is 2.19. The number of urea groups is 1. The fourth-order valence-electron chi connectivity index (χ4n) is 2.05. The van der Waals surface area contributed by atoms with E-state index in [1.165, 1.54) is 0 Å². The molecule has 120 valence electrons. The van der Waals surface area contributed by atoms with Crippen molar-refractivity contribution in [2.45, 2.75) is 32.9 Å². The van der Waals surface area contributed by atoms with E-state index >= 15 is 0 Å². The minimum absolute atomic E-state index is 0.161. The number of nitrogens with zero attached hydrogens (tertiary/aromatic N) is 1. The molecule has 22 heavy (non-hydrogen) atoms. The summed E-state index contributed by atoms with van der Waals surface area (Å²) in [7, 11) is 1.59. The molecule has 2 aromatic rings. The molecule has 7 heteroatoms. The van der Waals surface area contributed by atoms with Crippen molar-refractivity contribution < 1.29 is 13.9 Å². The summed E-state index contributed by atoms with van der Waals surface area (Å²) in [5.41, 5.74) is 0.856. The number of carbonyl (C=O) groups is 1. The van der Waals surface area contributed by atoms with Gasteiger partial charge in [-0.25, -0.2) is 9.78 Å². The zero-order chi connectivity index (χ0) is 16.1. The fourth-order valence-corrected chi connectivity index (χ4v) is 2.76. The number of carbonyl (C=O) groups excluding carboxylic acids is 1. The third-order valence-electron chi connectivity index (χ3n) is 3.17. The largest absolute Gasteiger partial charge is 0.464 e. The smallest absolute Gasteiger partial charge is 0.315 e. The second-order valence-electron chi connectivity index (χ2n) is 5.09. The summed E-state index contributed by atoms with van der Waals surface area (Å²) >= 11 is 1.56. The van der Waals surface area contributed by atoms with Gasteiger partial charge in [-0.2, -0.15) is 0 Å². The van der Waals surface area contributed by atoms with Gasteiger partial charge in [-0.15, -0.1) is 11.3 Å². The first-order chi connectivity index (χ1) is 10.5. The molecule has 0 radical (unpaired) electrons. The SMILES string of the molecule is COC[C@@H](NC(=O)N[C@@H](C)c1csc(C)n1)c1ccc(C)o1. The Kier molecular flexibility index (Phi) is 5.57. The van der Waals surface area contributed by atoms with Gasteiger partial charge in [-0.3, -0.25) is 0 Å². The first kappa shape index (κ1) is 16.5. The van der Waals surface area contributed by atoms with E-state index in [0.717, 1.165) is 16.5 Å². The number of aromatic nitrogens is 1. The van der Waals surface area contributed by atoms with Crippen molar-refractivity contribution in [1.82, 2.24) is 15.6 Å². The maximum Gasteiger partial charge on any atom is 0.315 e. The number of ether oxygens (including phenoxy) is 1. The average molecular weight is 323 g/mol. The van der Waals surface area contributed by atoms with Crippen LogP contribution in [-0.4, -0.2) is 24.7 Å². The number of amides is 2. The van der Waals surface area contributed by atoms with Crippen LogP contribution in [0.15, 0.2) is 21.9 Å². The third-order valence-corrected chi connectivity index (χ3v) is 3.96. The van der Waals surface area contributed by atoms with Crippen molar-refractivity contribution in [2.75, 3.05) is 13.7 Å². The van der Waals surface area contributed by atoms with E-state index in [4.69, 9.17) is 9.15 Å². The van der Waals surface area contributed by atoms with Crippen molar-refractivity contribution in [2.24, 2.45) is 0 Å². The van der Waals surface area contributed by atoms with Gasteiger partial charge in [0.1, 0.15) is 17.6 Å². The van der Waals surface area contributed by atoms with Crippen LogP contribution in [0.3, 0.4) is 0 Å². The van der Waals surface area contributed by atoms with Gasteiger partial charge in [0, 0.05) is 12.5 Å². The maximum atomic E-state index is 12.2. The molecule has 0 aliphatic heterocycles. The highest BCUT2D eigenvalue weighted by Crippen LogP contribution is 2.18. The Morgan fingerprint density at radius 3 is 2.73 bits per heavy atom. The van der Waals surface area contributed by atoms with Gasteiger partial charge in [0.15, 0.2) is 0 Å². The molecular weight excluding hydrogens is 302 g/mol. The molecule has 0 saturated heterocycles. The highest BCUT2D eigenvalue weighted by atomic mass is 32.1. The second-order valence-corrected chi connectivity index (χ2v) is 6.15. The number of hydrogen-bond donors (Lipinski definition) is 2. The predicted molar refractivity (Wildman–Crippen MR) is 85.0 cm³/mol. The van der Waals surface area contributed by atoms with E-state index in [1.54, 1.807) is 18.4 Å². The van der Waals surface area contributed by atoms with E-state index in [1.807, 2.05) is 38.3 Å². The number of aryl methyl sites for hydroxylation is 2. The molecule has 2 amide bonds. The molecule has 2 atom stereocenters. The first-order valence-corrected chi connectivity index (χ1v) is 7.92. The summed E-state index contributed by atoms with van der Waals surface area (Å²) in [5.74, 6) is 1.47. The summed E-state index contributed by atoms with van der Waals surface area (Å²) in [5, 5.41) is 8.66. The molecule has 0 bridgehead atoms. The van der Waals surface area contributed by atoms with Gasteiger partial charge in [0.2, 0.25) is 0 Å². The minimum atomic E-state index is -0.330. The molecule has 0 spiro atoms. The molecule has 0 aliphatic rings. The predicted octanol–water partition coefficient (Wildman–Crippen LogP) is 3.10. The number of rotatable bonds is 6. The van der Waals surface area contributed by atoms with Crippen LogP contribution in [0.4, 0.5) is 4.79 Å². The summed E-state index contributed by atoms with van der Waals surface area (Å²) in [6.45, 7) is 6.04. The van der Waals surface area contributed by atoms with Crippen LogP contribution < -0.4 is 10.6 Å². The van der Waals surface area contributed by atoms with Gasteiger partial charge in [0.25, 0.3) is 0 Å². The lowest BCUT2D eigenvalue weighted by molar-refractivity contribution is 0.156. The molecule has 0 unspecified atom stereocenters. The van der Waals surface area contributed by atoms with Crippen molar-refractivity contribution in [1.29, 1.82) is 0 Å². The van der Waals surface area contributed by atoms with Crippen molar-refractivity contribution in [3.8, 4) is 0 Å². The summed E-state index contributed by atoms with van der Waals surface area (Å²) in [6.07, 6.45) is 0. The number of furan rings is 1. The maximum absolute atomic E-state index is 12.2. The molecular formula is C15H21N3O3S. The number of hydrogen-bond acceptors (Lipinski definition) is 5. The summed E-state index contributed by atoms with van der Waals surface area (Å²) in [6, 6.07) is 2.92. The van der Waals surface area contributed by atoms with E-state index in [2.05, 4.69) is 15.6 Å². The van der Waals surface area contributed by atoms with Crippen LogP contribution in [0, 0.1) is 13.8 Å². The molecule has 0 saturated carbocycles. The Balaban J connectivity index is 1.96. The van der Waals surface area contributed by atoms with Crippen LogP contribution in [0.2, 0.25) is 0 Å². The van der Waals surface area contributed by atoms with Crippen LogP contribution in [0.25, 0.3) is 0 Å². The summed E-state index contributed by atoms with van der Waals surface area (Å²) < 4.78 is 10.7. The molecule has 2 heterocycles. The molecule has 2 aromatic heterocycles. The molecule has 0 aliphatic carbocycles. The van der Waals surface area contributed by atoms with E-state index in [-0.39, 0.29) is 18.1 Å². The molecule has 0 fully saturated rings. The second kappa shape index (κ2) is 7.42. The fraction of sp³-hybridized carbons (Fsp3) is 0.467. The number of nitrogens with one attached hydrogen (secondary N) is 2. The van der Waals surface area contributed by atoms with Crippen LogP contribution in [0.5, 0.6) is 0 Å². The quantitative estimate of drug-likeness (QED) is 0.856. The van der Waals surface area contributed by atoms with Crippen LogP contribution >= 0.6 is 11.3 Å². The number of thiazole rings is 1. The van der Waals surface area contributed by atoms with Crippen LogP contribution in [-0.2, 0) is 4.74 Å². The zero-order valence-electron chi connectivity index (χ0n) is 13.2. The Morgan fingerprint density at radius 2 is 2.18 bits per heavy atom. The Hall–Kier alpha value is -1.86. The molecule has 0 aromatic carbocycles. The molecule has 2 N–H and O–H groups in total. The summed E-state index contributed by atoms with van der Waals surface area (Å²) in [4.78, 5) is 16.5. The molecule has 2 rings (SSSR count). The van der Waals surface area contributed by atoms with Gasteiger partial charge >= 0.3 is 6.03 Å². The van der Waals surface area contributed by atoms with Crippen molar-refractivity contribution in [3.63, 3.8) is 0 Å². The Morgan fingerprint density at radius 1 is 1.41 bits per heavy atom. The normalized spacial score (nSPS) is 13.6. The monoisotopic (exact) mass is 323 g/mol. The van der Waals surface area contributed by atoms with Gasteiger partial charge in [0.05, 0.1) is 23.4 Å². The van der Waals surface area contributed by atoms with Gasteiger partial charge in [-0.05, 0) is 32.9 Å². The standard InChI is InChI=1S/C15H21N3O3S/c1-9-5-6-14(21-9)12(7-20-4)18-15(19)16-10(2)13-8-22-11(3)17-13/h5-6,8,10,12H,7H2,1-4H3,(H2,16,18,19)/t10-,12+/m0/s1. The van der Waals surface area contributed by atoms with Gasteiger partial charge < -0.3 is 19.8 Å². The van der Waals surface area contributed by atoms with E-state index in [9.17, 15) is 4.79 Å². The zero-order valence-corrected chi connectivity index (χ0v) is 14.0. The van der Waals surface area contributed by atoms with Gasteiger partial charge in [-0.1, -0.05) is 0 Å². The van der Waals surface area contributed by atoms with E-state index < -0.39 is 0 Å². The highest BCUT2D eigenvalue weighted by molar-refractivity contribution is 7.09. The van der Waals surface area contributed by atoms with Crippen molar-refractivity contribution >= 4 is 17.4 Å². The minimum Gasteiger partial charge on any atom is -0.464 e. The lowest BCUT2D eigenvalue weighted by Crippen LogP contribution is -2.40. The number of methoxy groups -OCH3 is 1.